The molecule has 1 heterocycles. The first kappa shape index (κ1) is 16.5. The first-order chi connectivity index (χ1) is 12.8. The average molecular weight is 346 g/mol. The topological polar surface area (TPSA) is 41.6 Å². The Morgan fingerprint density at radius 1 is 0.962 bits per heavy atom. The van der Waals surface area contributed by atoms with Crippen LogP contribution >= 0.6 is 0 Å². The Morgan fingerprint density at radius 3 is 2.62 bits per heavy atom. The lowest BCUT2D eigenvalue weighted by atomic mass is 10.0. The molecule has 1 N–H and O–H groups in total. The summed E-state index contributed by atoms with van der Waals surface area (Å²) < 4.78 is 5.77. The van der Waals surface area contributed by atoms with E-state index in [1.54, 1.807) is 0 Å². The van der Waals surface area contributed by atoms with Crippen molar-refractivity contribution < 1.29 is 9.53 Å². The van der Waals surface area contributed by atoms with Crippen LogP contribution < -0.4 is 10.1 Å². The molecule has 3 aromatic carbocycles. The van der Waals surface area contributed by atoms with E-state index in [9.17, 15) is 4.79 Å². The van der Waals surface area contributed by atoms with E-state index in [2.05, 4.69) is 41.7 Å². The van der Waals surface area contributed by atoms with Crippen LogP contribution in [0.25, 0.3) is 10.8 Å². The molecular formula is C22H22N2O2. The van der Waals surface area contributed by atoms with Crippen molar-refractivity contribution in [2.45, 2.75) is 13.0 Å². The van der Waals surface area contributed by atoms with E-state index < -0.39 is 0 Å². The van der Waals surface area contributed by atoms with Crippen LogP contribution in [0.4, 0.5) is 4.79 Å². The maximum atomic E-state index is 12.4. The smallest absolute Gasteiger partial charge is 0.317 e. The van der Waals surface area contributed by atoms with Crippen LogP contribution in [0.3, 0.4) is 0 Å². The Morgan fingerprint density at radius 2 is 1.73 bits per heavy atom. The number of amides is 2. The fourth-order valence-corrected chi connectivity index (χ4v) is 3.36. The highest BCUT2D eigenvalue weighted by molar-refractivity contribution is 5.83. The van der Waals surface area contributed by atoms with Crippen molar-refractivity contribution in [3.8, 4) is 5.75 Å². The van der Waals surface area contributed by atoms with Crippen LogP contribution in [0.15, 0.2) is 66.7 Å². The summed E-state index contributed by atoms with van der Waals surface area (Å²) in [6.45, 7) is 2.38. The molecule has 132 valence electrons. The van der Waals surface area contributed by atoms with Gasteiger partial charge in [0.1, 0.15) is 12.4 Å². The van der Waals surface area contributed by atoms with E-state index in [-0.39, 0.29) is 6.03 Å². The van der Waals surface area contributed by atoms with Gasteiger partial charge in [0.05, 0.1) is 6.54 Å². The lowest BCUT2D eigenvalue weighted by Crippen LogP contribution is -2.43. The minimum absolute atomic E-state index is 0.0263. The lowest BCUT2D eigenvalue weighted by molar-refractivity contribution is 0.189. The van der Waals surface area contributed by atoms with Crippen LogP contribution in [0.1, 0.15) is 11.1 Å². The average Bonchev–Trinajstić information content (AvgIpc) is 2.70. The SMILES string of the molecule is O=C(NCCOc1ccc2ccccc2c1)N1CCc2ccccc2C1. The van der Waals surface area contributed by atoms with Crippen molar-refractivity contribution in [1.82, 2.24) is 10.2 Å². The van der Waals surface area contributed by atoms with Gasteiger partial charge >= 0.3 is 6.03 Å². The van der Waals surface area contributed by atoms with Crippen LogP contribution in [-0.4, -0.2) is 30.6 Å². The predicted molar refractivity (Wildman–Crippen MR) is 103 cm³/mol. The van der Waals surface area contributed by atoms with E-state index in [0.717, 1.165) is 24.1 Å². The Hall–Kier alpha value is -3.01. The summed E-state index contributed by atoms with van der Waals surface area (Å²) in [7, 11) is 0. The van der Waals surface area contributed by atoms with E-state index in [1.165, 1.54) is 16.5 Å². The third-order valence-electron chi connectivity index (χ3n) is 4.79. The fourth-order valence-electron chi connectivity index (χ4n) is 3.36. The molecule has 0 radical (unpaired) electrons. The minimum Gasteiger partial charge on any atom is -0.492 e. The second-order valence-corrected chi connectivity index (χ2v) is 6.53. The lowest BCUT2D eigenvalue weighted by Gasteiger charge is -2.28. The standard InChI is InChI=1S/C22H22N2O2/c25-22(24-13-11-18-6-2-4-8-20(18)16-24)23-12-14-26-21-10-9-17-5-1-3-7-19(17)15-21/h1-10,15H,11-14,16H2,(H,23,25). The van der Waals surface area contributed by atoms with Gasteiger partial charge in [-0.15, -0.1) is 0 Å². The molecule has 0 atom stereocenters. The molecule has 1 aliphatic heterocycles. The molecule has 0 aromatic heterocycles. The molecule has 4 heteroatoms. The molecule has 0 fully saturated rings. The second kappa shape index (κ2) is 7.48. The van der Waals surface area contributed by atoms with Gasteiger partial charge in [0.25, 0.3) is 0 Å². The van der Waals surface area contributed by atoms with E-state index >= 15 is 0 Å². The summed E-state index contributed by atoms with van der Waals surface area (Å²) >= 11 is 0. The zero-order valence-corrected chi connectivity index (χ0v) is 14.7. The third kappa shape index (κ3) is 3.64. The summed E-state index contributed by atoms with van der Waals surface area (Å²) in [6, 6.07) is 22.5. The van der Waals surface area contributed by atoms with Gasteiger partial charge in [-0.3, -0.25) is 0 Å². The summed E-state index contributed by atoms with van der Waals surface area (Å²) in [6.07, 6.45) is 0.914. The highest BCUT2D eigenvalue weighted by atomic mass is 16.5. The Balaban J connectivity index is 1.26. The molecule has 0 saturated carbocycles. The number of carbonyl (C=O) groups is 1. The monoisotopic (exact) mass is 346 g/mol. The van der Waals surface area contributed by atoms with Crippen molar-refractivity contribution in [2.24, 2.45) is 0 Å². The summed E-state index contributed by atoms with van der Waals surface area (Å²) in [4.78, 5) is 14.2. The molecule has 4 rings (SSSR count). The third-order valence-corrected chi connectivity index (χ3v) is 4.79. The Labute approximate surface area is 153 Å². The van der Waals surface area contributed by atoms with Gasteiger partial charge < -0.3 is 15.0 Å². The van der Waals surface area contributed by atoms with Gasteiger partial charge in [-0.05, 0) is 40.5 Å². The van der Waals surface area contributed by atoms with Gasteiger partial charge in [0.2, 0.25) is 0 Å². The quantitative estimate of drug-likeness (QED) is 0.726. The van der Waals surface area contributed by atoms with E-state index in [0.29, 0.717) is 19.7 Å². The largest absolute Gasteiger partial charge is 0.492 e. The molecule has 0 spiro atoms. The maximum Gasteiger partial charge on any atom is 0.317 e. The van der Waals surface area contributed by atoms with E-state index in [1.807, 2.05) is 35.2 Å². The normalized spacial score (nSPS) is 13.3. The van der Waals surface area contributed by atoms with Gasteiger partial charge in [-0.1, -0.05) is 54.6 Å². The van der Waals surface area contributed by atoms with Gasteiger partial charge in [-0.2, -0.15) is 0 Å². The summed E-state index contributed by atoms with van der Waals surface area (Å²) in [5.41, 5.74) is 2.58. The molecule has 2 amide bonds. The van der Waals surface area contributed by atoms with Crippen molar-refractivity contribution in [2.75, 3.05) is 19.7 Å². The van der Waals surface area contributed by atoms with Crippen molar-refractivity contribution in [3.63, 3.8) is 0 Å². The molecule has 4 nitrogen and oxygen atoms in total. The first-order valence-electron chi connectivity index (χ1n) is 9.01. The number of benzene rings is 3. The zero-order chi connectivity index (χ0) is 17.8. The van der Waals surface area contributed by atoms with Crippen molar-refractivity contribution in [1.29, 1.82) is 0 Å². The highest BCUT2D eigenvalue weighted by Gasteiger charge is 2.19. The molecule has 26 heavy (non-hydrogen) atoms. The number of carbonyl (C=O) groups excluding carboxylic acids is 1. The van der Waals surface area contributed by atoms with Crippen LogP contribution in [0.5, 0.6) is 5.75 Å². The fraction of sp³-hybridized carbons (Fsp3) is 0.227. The number of hydrogen-bond acceptors (Lipinski definition) is 2. The number of urea groups is 1. The van der Waals surface area contributed by atoms with Crippen molar-refractivity contribution in [3.05, 3.63) is 77.9 Å². The number of fused-ring (bicyclic) bond motifs is 2. The Bertz CT molecular complexity index is 923. The van der Waals surface area contributed by atoms with Crippen LogP contribution in [0, 0.1) is 0 Å². The molecule has 0 bridgehead atoms. The molecular weight excluding hydrogens is 324 g/mol. The highest BCUT2D eigenvalue weighted by Crippen LogP contribution is 2.20. The number of nitrogens with one attached hydrogen (secondary N) is 1. The second-order valence-electron chi connectivity index (χ2n) is 6.53. The van der Waals surface area contributed by atoms with Gasteiger partial charge in [0.15, 0.2) is 0 Å². The summed E-state index contributed by atoms with van der Waals surface area (Å²) in [5, 5.41) is 5.30. The van der Waals surface area contributed by atoms with Crippen LogP contribution in [0.2, 0.25) is 0 Å². The molecule has 0 unspecified atom stereocenters. The van der Waals surface area contributed by atoms with Crippen LogP contribution in [-0.2, 0) is 13.0 Å². The Kier molecular flexibility index (Phi) is 4.73. The van der Waals surface area contributed by atoms with Crippen molar-refractivity contribution >= 4 is 16.8 Å². The predicted octanol–water partition coefficient (Wildman–Crippen LogP) is 3.99. The zero-order valence-electron chi connectivity index (χ0n) is 14.7. The molecule has 0 saturated heterocycles. The maximum absolute atomic E-state index is 12.4. The first-order valence-corrected chi connectivity index (χ1v) is 9.01. The molecule has 3 aromatic rings. The molecule has 1 aliphatic rings. The molecule has 0 aliphatic carbocycles. The van der Waals surface area contributed by atoms with Gasteiger partial charge in [0, 0.05) is 13.1 Å². The minimum atomic E-state index is -0.0263. The number of hydrogen-bond donors (Lipinski definition) is 1. The number of rotatable bonds is 4. The number of nitrogens with zero attached hydrogens (tertiary/aromatic N) is 1. The van der Waals surface area contributed by atoms with E-state index in [4.69, 9.17) is 4.74 Å². The summed E-state index contributed by atoms with van der Waals surface area (Å²) in [5.74, 6) is 0.824. The van der Waals surface area contributed by atoms with Gasteiger partial charge in [-0.25, -0.2) is 4.79 Å². The number of ether oxygens (including phenoxy) is 1.